The van der Waals surface area contributed by atoms with Gasteiger partial charge in [0, 0.05) is 50.0 Å². The average Bonchev–Trinajstić information content (AvgIpc) is 2.91. The largest absolute Gasteiger partial charge is 0.384 e. The molecule has 6 heteroatoms. The molecule has 0 aliphatic carbocycles. The molecule has 128 valence electrons. The summed E-state index contributed by atoms with van der Waals surface area (Å²) in [6.07, 6.45) is 6.89. The predicted molar refractivity (Wildman–Crippen MR) is 102 cm³/mol. The third-order valence-corrected chi connectivity index (χ3v) is 4.37. The van der Waals surface area contributed by atoms with Gasteiger partial charge in [0.05, 0.1) is 5.02 Å². The number of nitrogen functional groups attached to an aromatic ring is 1. The van der Waals surface area contributed by atoms with Crippen molar-refractivity contribution in [1.29, 1.82) is 0 Å². The van der Waals surface area contributed by atoms with E-state index in [1.165, 1.54) is 6.08 Å². The molecule has 0 radical (unpaired) electrons. The molecule has 1 amide bonds. The number of anilines is 1. The molecule has 2 N–H and O–H groups in total. The van der Waals surface area contributed by atoms with Gasteiger partial charge in [0.2, 0.25) is 5.91 Å². The summed E-state index contributed by atoms with van der Waals surface area (Å²) in [6, 6.07) is 9.32. The number of aromatic nitrogens is 2. The highest BCUT2D eigenvalue weighted by Gasteiger charge is 2.13. The first-order chi connectivity index (χ1) is 12.0. The van der Waals surface area contributed by atoms with Crippen molar-refractivity contribution in [1.82, 2.24) is 14.5 Å². The second kappa shape index (κ2) is 6.99. The number of pyridine rings is 1. The van der Waals surface area contributed by atoms with Crippen LogP contribution in [0.4, 0.5) is 5.82 Å². The Balaban J connectivity index is 1.77. The maximum absolute atomic E-state index is 12.4. The van der Waals surface area contributed by atoms with Gasteiger partial charge in [-0.15, -0.1) is 0 Å². The Morgan fingerprint density at radius 1 is 1.36 bits per heavy atom. The number of halogens is 1. The first-order valence-corrected chi connectivity index (χ1v) is 8.20. The SMILES string of the molecule is CN(Cc1cn(C)c2cccc(Cl)c12)C(=O)C=Cc1ccc(N)nc1. The van der Waals surface area contributed by atoms with E-state index in [9.17, 15) is 4.79 Å². The maximum Gasteiger partial charge on any atom is 0.246 e. The Hall–Kier alpha value is -2.79. The summed E-state index contributed by atoms with van der Waals surface area (Å²) < 4.78 is 2.02. The summed E-state index contributed by atoms with van der Waals surface area (Å²) in [6.45, 7) is 0.476. The van der Waals surface area contributed by atoms with Crippen LogP contribution in [0.3, 0.4) is 0 Å². The summed E-state index contributed by atoms with van der Waals surface area (Å²) in [5, 5.41) is 1.68. The fourth-order valence-corrected chi connectivity index (χ4v) is 3.05. The third-order valence-electron chi connectivity index (χ3n) is 4.05. The van der Waals surface area contributed by atoms with E-state index in [-0.39, 0.29) is 5.91 Å². The molecule has 25 heavy (non-hydrogen) atoms. The second-order valence-corrected chi connectivity index (χ2v) is 6.35. The quantitative estimate of drug-likeness (QED) is 0.729. The van der Waals surface area contributed by atoms with Crippen molar-refractivity contribution in [2.75, 3.05) is 12.8 Å². The highest BCUT2D eigenvalue weighted by Crippen LogP contribution is 2.28. The topological polar surface area (TPSA) is 64.2 Å². The van der Waals surface area contributed by atoms with Gasteiger partial charge in [0.1, 0.15) is 5.82 Å². The van der Waals surface area contributed by atoms with Crippen LogP contribution in [0.25, 0.3) is 17.0 Å². The number of hydrogen-bond acceptors (Lipinski definition) is 3. The lowest BCUT2D eigenvalue weighted by atomic mass is 10.1. The lowest BCUT2D eigenvalue weighted by Crippen LogP contribution is -2.24. The zero-order chi connectivity index (χ0) is 18.0. The fraction of sp³-hybridized carbons (Fsp3) is 0.158. The molecule has 0 spiro atoms. The number of carbonyl (C=O) groups excluding carboxylic acids is 1. The minimum atomic E-state index is -0.0964. The van der Waals surface area contributed by atoms with Gasteiger partial charge in [-0.1, -0.05) is 17.7 Å². The number of fused-ring (bicyclic) bond motifs is 1. The van der Waals surface area contributed by atoms with Crippen LogP contribution in [-0.2, 0) is 18.4 Å². The van der Waals surface area contributed by atoms with Crippen molar-refractivity contribution < 1.29 is 4.79 Å². The van der Waals surface area contributed by atoms with Crippen LogP contribution < -0.4 is 5.73 Å². The average molecular weight is 355 g/mol. The zero-order valence-corrected chi connectivity index (χ0v) is 14.9. The van der Waals surface area contributed by atoms with Crippen molar-refractivity contribution in [3.63, 3.8) is 0 Å². The van der Waals surface area contributed by atoms with E-state index in [2.05, 4.69) is 4.98 Å². The van der Waals surface area contributed by atoms with Crippen molar-refractivity contribution in [3.8, 4) is 0 Å². The van der Waals surface area contributed by atoms with Crippen molar-refractivity contribution >= 4 is 40.3 Å². The number of likely N-dealkylation sites (N-methyl/N-ethyl adjacent to an activating group) is 1. The van der Waals surface area contributed by atoms with E-state index in [1.807, 2.05) is 42.1 Å². The van der Waals surface area contributed by atoms with E-state index >= 15 is 0 Å². The number of hydrogen-bond donors (Lipinski definition) is 1. The minimum absolute atomic E-state index is 0.0964. The Morgan fingerprint density at radius 3 is 2.88 bits per heavy atom. The van der Waals surface area contributed by atoms with Crippen LogP contribution >= 0.6 is 11.6 Å². The molecular formula is C19H19ClN4O. The highest BCUT2D eigenvalue weighted by molar-refractivity contribution is 6.35. The Kier molecular flexibility index (Phi) is 4.76. The number of carbonyl (C=O) groups is 1. The molecule has 0 aliphatic rings. The second-order valence-electron chi connectivity index (χ2n) is 5.94. The smallest absolute Gasteiger partial charge is 0.246 e. The number of rotatable bonds is 4. The van der Waals surface area contributed by atoms with E-state index in [0.717, 1.165) is 22.0 Å². The van der Waals surface area contributed by atoms with Crippen molar-refractivity contribution in [2.45, 2.75) is 6.54 Å². The molecule has 5 nitrogen and oxygen atoms in total. The summed E-state index contributed by atoms with van der Waals surface area (Å²) in [4.78, 5) is 18.0. The van der Waals surface area contributed by atoms with Crippen LogP contribution in [0.15, 0.2) is 48.8 Å². The van der Waals surface area contributed by atoms with Gasteiger partial charge in [0.25, 0.3) is 0 Å². The molecule has 2 heterocycles. The lowest BCUT2D eigenvalue weighted by molar-refractivity contribution is -0.125. The molecular weight excluding hydrogens is 336 g/mol. The minimum Gasteiger partial charge on any atom is -0.384 e. The molecule has 0 fully saturated rings. The first kappa shape index (κ1) is 17.0. The van der Waals surface area contributed by atoms with Gasteiger partial charge in [-0.05, 0) is 41.5 Å². The highest BCUT2D eigenvalue weighted by atomic mass is 35.5. The van der Waals surface area contributed by atoms with Crippen molar-refractivity contribution in [3.05, 3.63) is 65.0 Å². The molecule has 0 bridgehead atoms. The molecule has 0 unspecified atom stereocenters. The van der Waals surface area contributed by atoms with E-state index in [1.54, 1.807) is 30.3 Å². The zero-order valence-electron chi connectivity index (χ0n) is 14.1. The van der Waals surface area contributed by atoms with Crippen LogP contribution in [0.2, 0.25) is 5.02 Å². The number of benzene rings is 1. The lowest BCUT2D eigenvalue weighted by Gasteiger charge is -2.14. The molecule has 0 saturated carbocycles. The Morgan fingerprint density at radius 2 is 2.16 bits per heavy atom. The molecule has 0 saturated heterocycles. The first-order valence-electron chi connectivity index (χ1n) is 7.83. The van der Waals surface area contributed by atoms with E-state index in [0.29, 0.717) is 17.4 Å². The number of nitrogens with zero attached hydrogens (tertiary/aromatic N) is 3. The van der Waals surface area contributed by atoms with Gasteiger partial charge in [0.15, 0.2) is 0 Å². The van der Waals surface area contributed by atoms with Crippen LogP contribution in [-0.4, -0.2) is 27.4 Å². The standard InChI is InChI=1S/C19H19ClN4O/c1-23-11-14(19-15(20)4-3-5-16(19)23)12-24(2)18(25)9-7-13-6-8-17(21)22-10-13/h3-11H,12H2,1-2H3,(H2,21,22). The summed E-state index contributed by atoms with van der Waals surface area (Å²) in [7, 11) is 3.74. The number of aryl methyl sites for hydroxylation is 1. The summed E-state index contributed by atoms with van der Waals surface area (Å²) in [5.41, 5.74) is 8.44. The number of amides is 1. The van der Waals surface area contributed by atoms with Crippen LogP contribution in [0.1, 0.15) is 11.1 Å². The summed E-state index contributed by atoms with van der Waals surface area (Å²) >= 11 is 6.34. The Labute approximate surface area is 151 Å². The molecule has 0 aliphatic heterocycles. The van der Waals surface area contributed by atoms with Gasteiger partial charge in [-0.2, -0.15) is 0 Å². The molecule has 0 atom stereocenters. The van der Waals surface area contributed by atoms with E-state index in [4.69, 9.17) is 17.3 Å². The normalized spacial score (nSPS) is 11.3. The maximum atomic E-state index is 12.4. The van der Waals surface area contributed by atoms with Crippen LogP contribution in [0.5, 0.6) is 0 Å². The number of nitrogens with two attached hydrogens (primary N) is 1. The van der Waals surface area contributed by atoms with Gasteiger partial charge in [-0.3, -0.25) is 4.79 Å². The van der Waals surface area contributed by atoms with Crippen molar-refractivity contribution in [2.24, 2.45) is 7.05 Å². The molecule has 3 aromatic rings. The monoisotopic (exact) mass is 354 g/mol. The van der Waals surface area contributed by atoms with E-state index < -0.39 is 0 Å². The third kappa shape index (κ3) is 3.67. The van der Waals surface area contributed by atoms with Crippen LogP contribution in [0, 0.1) is 0 Å². The molecule has 3 rings (SSSR count). The molecule has 1 aromatic carbocycles. The molecule has 2 aromatic heterocycles. The fourth-order valence-electron chi connectivity index (χ4n) is 2.76. The van der Waals surface area contributed by atoms with Gasteiger partial charge >= 0.3 is 0 Å². The predicted octanol–water partition coefficient (Wildman–Crippen LogP) is 3.48. The Bertz CT molecular complexity index is 944. The summed E-state index contributed by atoms with van der Waals surface area (Å²) in [5.74, 6) is 0.356. The van der Waals surface area contributed by atoms with Gasteiger partial charge < -0.3 is 15.2 Å². The van der Waals surface area contributed by atoms with Gasteiger partial charge in [-0.25, -0.2) is 4.98 Å².